The molecule has 0 radical (unpaired) electrons. The lowest BCUT2D eigenvalue weighted by molar-refractivity contribution is 0.0593. The quantitative estimate of drug-likeness (QED) is 0.739. The van der Waals surface area contributed by atoms with Crippen LogP contribution in [0.5, 0.6) is 0 Å². The highest BCUT2D eigenvalue weighted by atomic mass is 16.5. The van der Waals surface area contributed by atoms with E-state index in [1.807, 2.05) is 11.5 Å². The minimum absolute atomic E-state index is 0.189. The standard InChI is InChI=1S/C11H12N4O2/c1-3-9-12-4-5-15(9)10-7-13-8(6-14-10)11(16)17-2/h4-7H,3H2,1-2H3. The summed E-state index contributed by atoms with van der Waals surface area (Å²) in [7, 11) is 1.31. The Bertz CT molecular complexity index is 519. The molecule has 2 aromatic heterocycles. The zero-order valence-electron chi connectivity index (χ0n) is 9.62. The summed E-state index contributed by atoms with van der Waals surface area (Å²) in [5, 5.41) is 0. The fourth-order valence-corrected chi connectivity index (χ4v) is 1.46. The number of carbonyl (C=O) groups is 1. The van der Waals surface area contributed by atoms with Gasteiger partial charge in [0, 0.05) is 18.8 Å². The van der Waals surface area contributed by atoms with Crippen LogP contribution in [0, 0.1) is 0 Å². The average Bonchev–Trinajstić information content (AvgIpc) is 2.86. The molecule has 2 aromatic rings. The summed E-state index contributed by atoms with van der Waals surface area (Å²) in [4.78, 5) is 23.5. The Morgan fingerprint density at radius 1 is 1.35 bits per heavy atom. The molecule has 17 heavy (non-hydrogen) atoms. The van der Waals surface area contributed by atoms with Crippen molar-refractivity contribution in [3.63, 3.8) is 0 Å². The number of esters is 1. The van der Waals surface area contributed by atoms with Crippen molar-refractivity contribution in [2.75, 3.05) is 7.11 Å². The molecule has 2 rings (SSSR count). The Hall–Kier alpha value is -2.24. The van der Waals surface area contributed by atoms with Crippen LogP contribution in [-0.4, -0.2) is 32.6 Å². The molecule has 0 fully saturated rings. The van der Waals surface area contributed by atoms with Gasteiger partial charge in [0.25, 0.3) is 0 Å². The van der Waals surface area contributed by atoms with E-state index in [2.05, 4.69) is 19.7 Å². The van der Waals surface area contributed by atoms with E-state index in [0.29, 0.717) is 5.82 Å². The maximum atomic E-state index is 11.2. The third-order valence-electron chi connectivity index (χ3n) is 2.31. The zero-order valence-corrected chi connectivity index (χ0v) is 9.62. The van der Waals surface area contributed by atoms with Gasteiger partial charge in [-0.3, -0.25) is 4.57 Å². The molecule has 0 amide bonds. The van der Waals surface area contributed by atoms with E-state index in [1.54, 1.807) is 12.4 Å². The summed E-state index contributed by atoms with van der Waals surface area (Å²) in [6, 6.07) is 0. The predicted octanol–water partition coefficient (Wildman–Crippen LogP) is 1.01. The van der Waals surface area contributed by atoms with Crippen molar-refractivity contribution in [3.05, 3.63) is 36.3 Å². The Kier molecular flexibility index (Phi) is 3.13. The van der Waals surface area contributed by atoms with Gasteiger partial charge in [-0.05, 0) is 0 Å². The van der Waals surface area contributed by atoms with Crippen LogP contribution < -0.4 is 0 Å². The van der Waals surface area contributed by atoms with Crippen molar-refractivity contribution >= 4 is 5.97 Å². The molecular weight excluding hydrogens is 220 g/mol. The molecule has 0 atom stereocenters. The van der Waals surface area contributed by atoms with E-state index in [-0.39, 0.29) is 5.69 Å². The largest absolute Gasteiger partial charge is 0.464 e. The zero-order chi connectivity index (χ0) is 12.3. The van der Waals surface area contributed by atoms with Crippen molar-refractivity contribution < 1.29 is 9.53 Å². The molecule has 0 aliphatic heterocycles. The molecule has 0 bridgehead atoms. The van der Waals surface area contributed by atoms with Gasteiger partial charge in [-0.15, -0.1) is 0 Å². The van der Waals surface area contributed by atoms with E-state index in [0.717, 1.165) is 12.2 Å². The van der Waals surface area contributed by atoms with Crippen LogP contribution in [0.4, 0.5) is 0 Å². The van der Waals surface area contributed by atoms with Crippen LogP contribution in [0.25, 0.3) is 5.82 Å². The number of imidazole rings is 1. The van der Waals surface area contributed by atoms with E-state index < -0.39 is 5.97 Å². The maximum absolute atomic E-state index is 11.2. The number of ether oxygens (including phenoxy) is 1. The van der Waals surface area contributed by atoms with Gasteiger partial charge in [0.05, 0.1) is 19.5 Å². The SMILES string of the molecule is CCc1nccn1-c1cnc(C(=O)OC)cn1. The van der Waals surface area contributed by atoms with E-state index in [9.17, 15) is 4.79 Å². The second-order valence-electron chi connectivity index (χ2n) is 3.32. The molecule has 0 aliphatic rings. The highest BCUT2D eigenvalue weighted by Gasteiger charge is 2.09. The average molecular weight is 232 g/mol. The van der Waals surface area contributed by atoms with Crippen LogP contribution in [0.3, 0.4) is 0 Å². The molecule has 6 nitrogen and oxygen atoms in total. The predicted molar refractivity (Wildman–Crippen MR) is 59.9 cm³/mol. The van der Waals surface area contributed by atoms with Crippen molar-refractivity contribution in [2.45, 2.75) is 13.3 Å². The third-order valence-corrected chi connectivity index (χ3v) is 2.31. The first-order valence-corrected chi connectivity index (χ1v) is 5.19. The normalized spacial score (nSPS) is 10.2. The summed E-state index contributed by atoms with van der Waals surface area (Å²) in [6.45, 7) is 2.01. The van der Waals surface area contributed by atoms with Gasteiger partial charge in [0.1, 0.15) is 5.82 Å². The Morgan fingerprint density at radius 2 is 2.18 bits per heavy atom. The van der Waals surface area contributed by atoms with Crippen LogP contribution in [0.2, 0.25) is 0 Å². The van der Waals surface area contributed by atoms with Crippen molar-refractivity contribution in [3.8, 4) is 5.82 Å². The number of hydrogen-bond acceptors (Lipinski definition) is 5. The van der Waals surface area contributed by atoms with Crippen LogP contribution >= 0.6 is 0 Å². The van der Waals surface area contributed by atoms with Crippen molar-refractivity contribution in [1.29, 1.82) is 0 Å². The second-order valence-corrected chi connectivity index (χ2v) is 3.32. The van der Waals surface area contributed by atoms with Crippen molar-refractivity contribution in [2.24, 2.45) is 0 Å². The molecule has 0 N–H and O–H groups in total. The molecule has 0 saturated carbocycles. The number of rotatable bonds is 3. The third kappa shape index (κ3) is 2.15. The lowest BCUT2D eigenvalue weighted by Gasteiger charge is -2.05. The summed E-state index contributed by atoms with van der Waals surface area (Å²) in [5.41, 5.74) is 0.189. The number of aryl methyl sites for hydroxylation is 1. The fourth-order valence-electron chi connectivity index (χ4n) is 1.46. The molecule has 0 saturated heterocycles. The first kappa shape index (κ1) is 11.3. The van der Waals surface area contributed by atoms with E-state index in [4.69, 9.17) is 0 Å². The van der Waals surface area contributed by atoms with E-state index >= 15 is 0 Å². The first-order valence-electron chi connectivity index (χ1n) is 5.19. The minimum atomic E-state index is -0.495. The summed E-state index contributed by atoms with van der Waals surface area (Å²) < 4.78 is 6.38. The monoisotopic (exact) mass is 232 g/mol. The fraction of sp³-hybridized carbons (Fsp3) is 0.273. The van der Waals surface area contributed by atoms with Gasteiger partial charge in [-0.2, -0.15) is 0 Å². The molecule has 0 aliphatic carbocycles. The van der Waals surface area contributed by atoms with Gasteiger partial charge >= 0.3 is 5.97 Å². The molecule has 6 heteroatoms. The highest BCUT2D eigenvalue weighted by molar-refractivity contribution is 5.86. The highest BCUT2D eigenvalue weighted by Crippen LogP contribution is 2.07. The molecule has 0 unspecified atom stereocenters. The minimum Gasteiger partial charge on any atom is -0.464 e. The second kappa shape index (κ2) is 4.73. The number of nitrogens with zero attached hydrogens (tertiary/aromatic N) is 4. The van der Waals surface area contributed by atoms with Gasteiger partial charge in [0.15, 0.2) is 11.5 Å². The van der Waals surface area contributed by atoms with Crippen LogP contribution in [-0.2, 0) is 11.2 Å². The topological polar surface area (TPSA) is 69.9 Å². The Labute approximate surface area is 98.3 Å². The number of methoxy groups -OCH3 is 1. The number of carbonyl (C=O) groups excluding carboxylic acids is 1. The van der Waals surface area contributed by atoms with Gasteiger partial charge in [0.2, 0.25) is 0 Å². The summed E-state index contributed by atoms with van der Waals surface area (Å²) in [6.07, 6.45) is 7.22. The van der Waals surface area contributed by atoms with Gasteiger partial charge < -0.3 is 4.74 Å². The Morgan fingerprint density at radius 3 is 2.76 bits per heavy atom. The first-order chi connectivity index (χ1) is 8.26. The van der Waals surface area contributed by atoms with Crippen LogP contribution in [0.15, 0.2) is 24.8 Å². The Balaban J connectivity index is 2.32. The molecule has 88 valence electrons. The molecule has 0 spiro atoms. The van der Waals surface area contributed by atoms with Gasteiger partial charge in [-0.25, -0.2) is 19.7 Å². The number of aromatic nitrogens is 4. The van der Waals surface area contributed by atoms with E-state index in [1.165, 1.54) is 19.5 Å². The molecule has 2 heterocycles. The summed E-state index contributed by atoms with van der Waals surface area (Å²) >= 11 is 0. The number of hydrogen-bond donors (Lipinski definition) is 0. The summed E-state index contributed by atoms with van der Waals surface area (Å²) in [5.74, 6) is 1.03. The molecular formula is C11H12N4O2. The van der Waals surface area contributed by atoms with Gasteiger partial charge in [-0.1, -0.05) is 6.92 Å². The van der Waals surface area contributed by atoms with Crippen molar-refractivity contribution in [1.82, 2.24) is 19.5 Å². The maximum Gasteiger partial charge on any atom is 0.358 e. The lowest BCUT2D eigenvalue weighted by Crippen LogP contribution is -2.07. The molecule has 0 aromatic carbocycles. The van der Waals surface area contributed by atoms with Crippen LogP contribution in [0.1, 0.15) is 23.2 Å². The lowest BCUT2D eigenvalue weighted by atomic mass is 10.4. The smallest absolute Gasteiger partial charge is 0.358 e.